The first kappa shape index (κ1) is 8.17. The average Bonchev–Trinajstić information content (AvgIpc) is 2.15. The van der Waals surface area contributed by atoms with Crippen LogP contribution in [0, 0.1) is 20.8 Å². The van der Waals surface area contributed by atoms with Crippen LogP contribution in [0.5, 0.6) is 0 Å². The van der Waals surface area contributed by atoms with Gasteiger partial charge in [0, 0.05) is 5.39 Å². The number of aromatic nitrogens is 2. The number of nitrogens with zero attached hydrogens (tertiary/aromatic N) is 2. The molecule has 0 N–H and O–H groups in total. The van der Waals surface area contributed by atoms with Gasteiger partial charge < -0.3 is 0 Å². The van der Waals surface area contributed by atoms with E-state index in [0.29, 0.717) is 0 Å². The minimum atomic E-state index is 1.02. The lowest BCUT2D eigenvalue weighted by Crippen LogP contribution is -1.92. The molecule has 2 rings (SSSR count). The first-order chi connectivity index (χ1) is 6.20. The van der Waals surface area contributed by atoms with Crippen LogP contribution in [-0.2, 0) is 0 Å². The molecule has 1 aromatic heterocycles. The lowest BCUT2D eigenvalue weighted by molar-refractivity contribution is 1.06. The molecule has 0 spiro atoms. The molecule has 1 aromatic carbocycles. The standard InChI is InChI=1S/C11H12N2/c1-7-6-10-4-5-12-13-11(10)9(3)8(7)2/h4-6H,1-3H3. The zero-order valence-electron chi connectivity index (χ0n) is 8.13. The fourth-order valence-corrected chi connectivity index (χ4v) is 1.56. The quantitative estimate of drug-likeness (QED) is 0.610. The van der Waals surface area contributed by atoms with Gasteiger partial charge in [-0.2, -0.15) is 10.2 Å². The normalized spacial score (nSPS) is 10.7. The number of fused-ring (bicyclic) bond motifs is 1. The van der Waals surface area contributed by atoms with Crippen LogP contribution in [0.25, 0.3) is 10.9 Å². The van der Waals surface area contributed by atoms with E-state index < -0.39 is 0 Å². The molecular weight excluding hydrogens is 160 g/mol. The predicted octanol–water partition coefficient (Wildman–Crippen LogP) is 2.56. The maximum atomic E-state index is 4.13. The smallest absolute Gasteiger partial charge is 0.0961 e. The van der Waals surface area contributed by atoms with Crippen molar-refractivity contribution in [2.24, 2.45) is 0 Å². The van der Waals surface area contributed by atoms with E-state index in [9.17, 15) is 0 Å². The van der Waals surface area contributed by atoms with Crippen molar-refractivity contribution in [3.8, 4) is 0 Å². The van der Waals surface area contributed by atoms with E-state index in [1.165, 1.54) is 22.1 Å². The monoisotopic (exact) mass is 172 g/mol. The summed E-state index contributed by atoms with van der Waals surface area (Å²) in [6.45, 7) is 6.35. The molecule has 0 bridgehead atoms. The van der Waals surface area contributed by atoms with Gasteiger partial charge >= 0.3 is 0 Å². The molecule has 0 saturated carbocycles. The third-order valence-electron chi connectivity index (χ3n) is 2.63. The molecule has 2 aromatic rings. The van der Waals surface area contributed by atoms with Crippen LogP contribution in [0.4, 0.5) is 0 Å². The SMILES string of the molecule is Cc1cc2ccnnc2c(C)c1C. The molecular formula is C11H12N2. The fraction of sp³-hybridized carbons (Fsp3) is 0.273. The zero-order valence-corrected chi connectivity index (χ0v) is 8.13. The summed E-state index contributed by atoms with van der Waals surface area (Å²) in [7, 11) is 0. The number of hydrogen-bond donors (Lipinski definition) is 0. The van der Waals surface area contributed by atoms with Crippen molar-refractivity contribution >= 4 is 10.9 Å². The molecule has 0 aliphatic rings. The summed E-state index contributed by atoms with van der Waals surface area (Å²) in [5, 5.41) is 9.20. The van der Waals surface area contributed by atoms with E-state index >= 15 is 0 Å². The van der Waals surface area contributed by atoms with Crippen LogP contribution in [0.2, 0.25) is 0 Å². The number of aryl methyl sites for hydroxylation is 2. The van der Waals surface area contributed by atoms with Gasteiger partial charge in [0.25, 0.3) is 0 Å². The zero-order chi connectivity index (χ0) is 9.42. The molecule has 1 heterocycles. The van der Waals surface area contributed by atoms with E-state index in [1.807, 2.05) is 6.07 Å². The summed E-state index contributed by atoms with van der Waals surface area (Å²) < 4.78 is 0. The van der Waals surface area contributed by atoms with Crippen molar-refractivity contribution in [2.75, 3.05) is 0 Å². The molecule has 0 unspecified atom stereocenters. The lowest BCUT2D eigenvalue weighted by atomic mass is 10.0. The highest BCUT2D eigenvalue weighted by Crippen LogP contribution is 2.21. The van der Waals surface area contributed by atoms with Crippen molar-refractivity contribution in [3.05, 3.63) is 35.0 Å². The molecule has 0 saturated heterocycles. The van der Waals surface area contributed by atoms with Gasteiger partial charge in [-0.15, -0.1) is 0 Å². The highest BCUT2D eigenvalue weighted by atomic mass is 15.1. The third-order valence-corrected chi connectivity index (χ3v) is 2.63. The van der Waals surface area contributed by atoms with E-state index in [-0.39, 0.29) is 0 Å². The Balaban J connectivity index is 2.94. The summed E-state index contributed by atoms with van der Waals surface area (Å²) in [6, 6.07) is 4.16. The number of hydrogen-bond acceptors (Lipinski definition) is 2. The second-order valence-electron chi connectivity index (χ2n) is 3.41. The minimum absolute atomic E-state index is 1.02. The van der Waals surface area contributed by atoms with Crippen molar-refractivity contribution < 1.29 is 0 Å². The molecule has 0 fully saturated rings. The van der Waals surface area contributed by atoms with E-state index in [2.05, 4.69) is 37.0 Å². The average molecular weight is 172 g/mol. The Morgan fingerprint density at radius 2 is 1.85 bits per heavy atom. The van der Waals surface area contributed by atoms with E-state index in [4.69, 9.17) is 0 Å². The molecule has 0 atom stereocenters. The van der Waals surface area contributed by atoms with Crippen molar-refractivity contribution in [1.82, 2.24) is 10.2 Å². The number of rotatable bonds is 0. The third kappa shape index (κ3) is 1.18. The Morgan fingerprint density at radius 3 is 2.62 bits per heavy atom. The van der Waals surface area contributed by atoms with Crippen LogP contribution < -0.4 is 0 Å². The molecule has 0 radical (unpaired) electrons. The van der Waals surface area contributed by atoms with Gasteiger partial charge in [0.15, 0.2) is 0 Å². The van der Waals surface area contributed by atoms with Gasteiger partial charge in [-0.05, 0) is 49.6 Å². The fourth-order valence-electron chi connectivity index (χ4n) is 1.56. The summed E-state index contributed by atoms with van der Waals surface area (Å²) in [6.07, 6.45) is 1.73. The Bertz CT molecular complexity index is 461. The van der Waals surface area contributed by atoms with Gasteiger partial charge in [-0.3, -0.25) is 0 Å². The molecule has 2 heteroatoms. The molecule has 2 nitrogen and oxygen atoms in total. The molecule has 66 valence electrons. The van der Waals surface area contributed by atoms with Gasteiger partial charge in [-0.1, -0.05) is 0 Å². The topological polar surface area (TPSA) is 25.8 Å². The predicted molar refractivity (Wildman–Crippen MR) is 53.7 cm³/mol. The maximum Gasteiger partial charge on any atom is 0.0961 e. The van der Waals surface area contributed by atoms with Crippen LogP contribution in [-0.4, -0.2) is 10.2 Å². The Kier molecular flexibility index (Phi) is 1.76. The van der Waals surface area contributed by atoms with Gasteiger partial charge in [0.2, 0.25) is 0 Å². The largest absolute Gasteiger partial charge is 0.159 e. The van der Waals surface area contributed by atoms with Crippen molar-refractivity contribution in [1.29, 1.82) is 0 Å². The Labute approximate surface area is 77.6 Å². The highest BCUT2D eigenvalue weighted by Gasteiger charge is 2.04. The van der Waals surface area contributed by atoms with E-state index in [1.54, 1.807) is 6.20 Å². The van der Waals surface area contributed by atoms with Crippen LogP contribution in [0.3, 0.4) is 0 Å². The van der Waals surface area contributed by atoms with Crippen LogP contribution in [0.1, 0.15) is 16.7 Å². The molecule has 0 aliphatic heterocycles. The Hall–Kier alpha value is -1.44. The summed E-state index contributed by atoms with van der Waals surface area (Å²) in [5.74, 6) is 0. The van der Waals surface area contributed by atoms with E-state index in [0.717, 1.165) is 5.52 Å². The second kappa shape index (κ2) is 2.80. The Morgan fingerprint density at radius 1 is 1.08 bits per heavy atom. The second-order valence-corrected chi connectivity index (χ2v) is 3.41. The summed E-state index contributed by atoms with van der Waals surface area (Å²) in [5.41, 5.74) is 4.89. The first-order valence-corrected chi connectivity index (χ1v) is 4.38. The lowest BCUT2D eigenvalue weighted by Gasteiger charge is -2.06. The van der Waals surface area contributed by atoms with Crippen molar-refractivity contribution in [2.45, 2.75) is 20.8 Å². The van der Waals surface area contributed by atoms with Crippen LogP contribution in [0.15, 0.2) is 18.3 Å². The molecule has 0 aliphatic carbocycles. The van der Waals surface area contributed by atoms with Gasteiger partial charge in [-0.25, -0.2) is 0 Å². The highest BCUT2D eigenvalue weighted by molar-refractivity contribution is 5.83. The van der Waals surface area contributed by atoms with Gasteiger partial charge in [0.05, 0.1) is 11.7 Å². The molecule has 0 amide bonds. The summed E-state index contributed by atoms with van der Waals surface area (Å²) >= 11 is 0. The maximum absolute atomic E-state index is 4.13. The number of benzene rings is 1. The molecule has 13 heavy (non-hydrogen) atoms. The van der Waals surface area contributed by atoms with Gasteiger partial charge in [0.1, 0.15) is 0 Å². The minimum Gasteiger partial charge on any atom is -0.159 e. The van der Waals surface area contributed by atoms with Crippen LogP contribution >= 0.6 is 0 Å². The van der Waals surface area contributed by atoms with Crippen molar-refractivity contribution in [3.63, 3.8) is 0 Å². The summed E-state index contributed by atoms with van der Waals surface area (Å²) in [4.78, 5) is 0. The first-order valence-electron chi connectivity index (χ1n) is 4.38.